The topological polar surface area (TPSA) is 39.1 Å². The monoisotopic (exact) mass is 333 g/mol. The van der Waals surface area contributed by atoms with Gasteiger partial charge in [-0.25, -0.2) is 12.8 Å². The molecular weight excluding hydrogens is 320 g/mol. The molecule has 0 aliphatic carbocycles. The summed E-state index contributed by atoms with van der Waals surface area (Å²) in [4.78, 5) is 0. The third-order valence-corrected chi connectivity index (χ3v) is 4.10. The molecule has 0 saturated heterocycles. The fourth-order valence-corrected chi connectivity index (χ4v) is 2.93. The van der Waals surface area contributed by atoms with Crippen LogP contribution in [0, 0.1) is 11.8 Å². The largest absolute Gasteiger partial charge is 0.286 e. The minimum Gasteiger partial charge on any atom is -0.286 e. The van der Waals surface area contributed by atoms with Crippen molar-refractivity contribution in [1.82, 2.24) is 4.57 Å². The van der Waals surface area contributed by atoms with Gasteiger partial charge in [0.2, 0.25) is 0 Å². The van der Waals surface area contributed by atoms with Crippen molar-refractivity contribution in [2.24, 2.45) is 0 Å². The van der Waals surface area contributed by atoms with Crippen LogP contribution in [0.2, 0.25) is 0 Å². The van der Waals surface area contributed by atoms with E-state index in [1.807, 2.05) is 0 Å². The molecule has 0 aliphatic rings. The van der Waals surface area contributed by atoms with Gasteiger partial charge in [-0.2, -0.15) is 4.39 Å². The van der Waals surface area contributed by atoms with Crippen LogP contribution >= 0.6 is 0 Å². The second-order valence-electron chi connectivity index (χ2n) is 5.04. The molecular formula is C17H13F2NO2S. The first kappa shape index (κ1) is 15.4. The van der Waals surface area contributed by atoms with Gasteiger partial charge in [0, 0.05) is 5.69 Å². The molecule has 0 saturated carbocycles. The van der Waals surface area contributed by atoms with E-state index >= 15 is 0 Å². The summed E-state index contributed by atoms with van der Waals surface area (Å²) in [5, 5.41) is 0. The van der Waals surface area contributed by atoms with E-state index in [0.29, 0.717) is 16.9 Å². The van der Waals surface area contributed by atoms with Crippen molar-refractivity contribution >= 4 is 10.7 Å². The average Bonchev–Trinajstić information content (AvgIpc) is 2.90. The van der Waals surface area contributed by atoms with Crippen LogP contribution in [0.25, 0.3) is 16.9 Å². The Morgan fingerprint density at radius 2 is 1.48 bits per heavy atom. The zero-order valence-electron chi connectivity index (χ0n) is 11.9. The van der Waals surface area contributed by atoms with Gasteiger partial charge in [-0.1, -0.05) is 24.3 Å². The Morgan fingerprint density at radius 1 is 0.826 bits per heavy atom. The second kappa shape index (κ2) is 6.34. The van der Waals surface area contributed by atoms with E-state index < -0.39 is 16.7 Å². The molecule has 3 nitrogen and oxygen atoms in total. The van der Waals surface area contributed by atoms with E-state index in [9.17, 15) is 17.2 Å². The van der Waals surface area contributed by atoms with Gasteiger partial charge in [0.15, 0.2) is 5.95 Å². The Kier molecular flexibility index (Phi) is 4.25. The number of hydrogen-bond donors (Lipinski definition) is 1. The Balaban J connectivity index is 2.02. The molecule has 0 radical (unpaired) electrons. The van der Waals surface area contributed by atoms with Gasteiger partial charge in [-0.3, -0.25) is 4.57 Å². The Morgan fingerprint density at radius 3 is 2.09 bits per heavy atom. The SMILES string of the molecule is O=[SH](=O)Cc1ccc(-c2ccc(F)n2-c2ccc(F)cc2)cc1. The van der Waals surface area contributed by atoms with Gasteiger partial charge < -0.3 is 0 Å². The molecule has 1 heterocycles. The summed E-state index contributed by atoms with van der Waals surface area (Å²) in [5.41, 5.74) is 2.52. The summed E-state index contributed by atoms with van der Waals surface area (Å²) < 4.78 is 50.0. The highest BCUT2D eigenvalue weighted by Gasteiger charge is 2.12. The molecule has 0 unspecified atom stereocenters. The summed E-state index contributed by atoms with van der Waals surface area (Å²) in [7, 11) is -2.48. The maximum Gasteiger partial charge on any atom is 0.198 e. The molecule has 0 aliphatic heterocycles. The lowest BCUT2D eigenvalue weighted by molar-refractivity contribution is 0.561. The van der Waals surface area contributed by atoms with Gasteiger partial charge >= 0.3 is 0 Å². The molecule has 1 aromatic heterocycles. The third-order valence-electron chi connectivity index (χ3n) is 3.48. The summed E-state index contributed by atoms with van der Waals surface area (Å²) in [6.07, 6.45) is 0. The first-order valence-corrected chi connectivity index (χ1v) is 8.25. The molecule has 23 heavy (non-hydrogen) atoms. The summed E-state index contributed by atoms with van der Waals surface area (Å²) >= 11 is 0. The standard InChI is InChI=1S/C17H13F2NO2S/c18-14-5-7-15(8-6-14)20-16(9-10-17(20)19)13-3-1-12(2-4-13)11-23(21)22/h1-10,23H,11H2. The maximum absolute atomic E-state index is 14.1. The first-order chi connectivity index (χ1) is 11.0. The number of nitrogens with zero attached hydrogens (tertiary/aromatic N) is 1. The van der Waals surface area contributed by atoms with Gasteiger partial charge in [-0.15, -0.1) is 0 Å². The van der Waals surface area contributed by atoms with Crippen LogP contribution < -0.4 is 0 Å². The predicted octanol–water partition coefficient (Wildman–Crippen LogP) is 3.53. The van der Waals surface area contributed by atoms with Crippen molar-refractivity contribution in [3.05, 3.63) is 78.0 Å². The van der Waals surface area contributed by atoms with Crippen LogP contribution in [0.3, 0.4) is 0 Å². The molecule has 3 aromatic rings. The lowest BCUT2D eigenvalue weighted by Crippen LogP contribution is -2.00. The lowest BCUT2D eigenvalue weighted by atomic mass is 10.1. The third kappa shape index (κ3) is 3.32. The van der Waals surface area contributed by atoms with Crippen molar-refractivity contribution in [2.45, 2.75) is 5.75 Å². The molecule has 0 bridgehead atoms. The fourth-order valence-electron chi connectivity index (χ4n) is 2.42. The first-order valence-electron chi connectivity index (χ1n) is 6.89. The van der Waals surface area contributed by atoms with Crippen LogP contribution in [0.4, 0.5) is 8.78 Å². The summed E-state index contributed by atoms with van der Waals surface area (Å²) in [6.45, 7) is 0. The number of halogens is 2. The zero-order chi connectivity index (χ0) is 16.4. The average molecular weight is 333 g/mol. The minimum absolute atomic E-state index is 0.0249. The van der Waals surface area contributed by atoms with E-state index in [1.165, 1.54) is 34.9 Å². The second-order valence-corrected chi connectivity index (χ2v) is 6.02. The van der Waals surface area contributed by atoms with Crippen molar-refractivity contribution in [3.8, 4) is 16.9 Å². The number of benzene rings is 2. The highest BCUT2D eigenvalue weighted by Crippen LogP contribution is 2.26. The van der Waals surface area contributed by atoms with E-state index in [-0.39, 0.29) is 11.6 Å². The van der Waals surface area contributed by atoms with Crippen LogP contribution in [-0.4, -0.2) is 13.0 Å². The molecule has 0 spiro atoms. The van der Waals surface area contributed by atoms with Crippen LogP contribution in [0.1, 0.15) is 5.56 Å². The summed E-state index contributed by atoms with van der Waals surface area (Å²) in [6, 6.07) is 15.4. The van der Waals surface area contributed by atoms with E-state index in [4.69, 9.17) is 0 Å². The fraction of sp³-hybridized carbons (Fsp3) is 0.0588. The molecule has 6 heteroatoms. The normalized spacial score (nSPS) is 11.1. The van der Waals surface area contributed by atoms with Crippen molar-refractivity contribution in [2.75, 3.05) is 0 Å². The van der Waals surface area contributed by atoms with Crippen LogP contribution in [0.5, 0.6) is 0 Å². The maximum atomic E-state index is 14.1. The molecule has 3 rings (SSSR count). The number of hydrogen-bond acceptors (Lipinski definition) is 2. The highest BCUT2D eigenvalue weighted by molar-refractivity contribution is 7.71. The van der Waals surface area contributed by atoms with Gasteiger partial charge in [0.25, 0.3) is 0 Å². The molecule has 0 amide bonds. The number of thiol groups is 1. The quantitative estimate of drug-likeness (QED) is 0.742. The molecule has 118 valence electrons. The predicted molar refractivity (Wildman–Crippen MR) is 85.1 cm³/mol. The molecule has 0 atom stereocenters. The number of rotatable bonds is 4. The Hall–Kier alpha value is -2.47. The van der Waals surface area contributed by atoms with Crippen LogP contribution in [-0.2, 0) is 16.5 Å². The Bertz CT molecular complexity index is 889. The zero-order valence-corrected chi connectivity index (χ0v) is 12.8. The molecule has 0 fully saturated rings. The van der Waals surface area contributed by atoms with Crippen molar-refractivity contribution in [1.29, 1.82) is 0 Å². The van der Waals surface area contributed by atoms with Crippen molar-refractivity contribution in [3.63, 3.8) is 0 Å². The van der Waals surface area contributed by atoms with Gasteiger partial charge in [-0.05, 0) is 47.5 Å². The van der Waals surface area contributed by atoms with E-state index in [0.717, 1.165) is 5.56 Å². The Labute approximate surface area is 133 Å². The molecule has 2 aromatic carbocycles. The minimum atomic E-state index is -2.48. The van der Waals surface area contributed by atoms with Crippen LogP contribution in [0.15, 0.2) is 60.7 Å². The number of aromatic nitrogens is 1. The van der Waals surface area contributed by atoms with Gasteiger partial charge in [0.05, 0.1) is 11.4 Å². The smallest absolute Gasteiger partial charge is 0.198 e. The highest BCUT2D eigenvalue weighted by atomic mass is 32.2. The molecule has 0 N–H and O–H groups in total. The summed E-state index contributed by atoms with van der Waals surface area (Å²) in [5.74, 6) is -0.875. The van der Waals surface area contributed by atoms with Crippen molar-refractivity contribution < 1.29 is 17.2 Å². The van der Waals surface area contributed by atoms with Gasteiger partial charge in [0.1, 0.15) is 16.5 Å². The van der Waals surface area contributed by atoms with E-state index in [2.05, 4.69) is 0 Å². The van der Waals surface area contributed by atoms with E-state index in [1.54, 1.807) is 30.3 Å². The lowest BCUT2D eigenvalue weighted by Gasteiger charge is -2.10.